The fraction of sp³-hybridized carbons (Fsp3) is 0.400. The first-order chi connectivity index (χ1) is 13.2. The van der Waals surface area contributed by atoms with Crippen LogP contribution in [0.1, 0.15) is 72.8 Å². The van der Waals surface area contributed by atoms with Crippen LogP contribution in [0.2, 0.25) is 0 Å². The van der Waals surface area contributed by atoms with E-state index in [0.29, 0.717) is 5.92 Å². The number of hydrogen-bond acceptors (Lipinski definition) is 1. The van der Waals surface area contributed by atoms with E-state index in [1.165, 1.54) is 48.8 Å². The normalized spacial score (nSPS) is 21.9. The molecule has 0 amide bonds. The number of nitriles is 1. The molecule has 1 fully saturated rings. The lowest BCUT2D eigenvalue weighted by atomic mass is 9.77. The Kier molecular flexibility index (Phi) is 5.12. The van der Waals surface area contributed by atoms with Gasteiger partial charge in [0, 0.05) is 0 Å². The highest BCUT2D eigenvalue weighted by Gasteiger charge is 2.21. The first-order valence-electron chi connectivity index (χ1n) is 10.2. The van der Waals surface area contributed by atoms with E-state index in [-0.39, 0.29) is 5.56 Å². The summed E-state index contributed by atoms with van der Waals surface area (Å²) in [6, 6.07) is 14.2. The maximum Gasteiger partial charge on any atom is 0.141 e. The van der Waals surface area contributed by atoms with E-state index in [0.717, 1.165) is 29.9 Å². The molecule has 2 aromatic rings. The Morgan fingerprint density at radius 3 is 2.44 bits per heavy atom. The summed E-state index contributed by atoms with van der Waals surface area (Å²) in [6.07, 6.45) is 10.4. The zero-order valence-electron chi connectivity index (χ0n) is 16.0. The Hall–Kier alpha value is -2.40. The second-order valence-corrected chi connectivity index (χ2v) is 8.07. The summed E-state index contributed by atoms with van der Waals surface area (Å²) in [6.45, 7) is 2.31. The fourth-order valence-electron chi connectivity index (χ4n) is 4.70. The van der Waals surface area contributed by atoms with Crippen LogP contribution in [0.3, 0.4) is 0 Å². The van der Waals surface area contributed by atoms with E-state index < -0.39 is 5.82 Å². The monoisotopic (exact) mass is 359 g/mol. The molecule has 0 bridgehead atoms. The van der Waals surface area contributed by atoms with Crippen molar-refractivity contribution >= 4 is 5.57 Å². The lowest BCUT2D eigenvalue weighted by Crippen LogP contribution is -2.12. The number of nitrogens with zero attached hydrogens (tertiary/aromatic N) is 1. The molecule has 2 aromatic carbocycles. The molecule has 1 nitrogen and oxygen atoms in total. The average Bonchev–Trinajstić information content (AvgIpc) is 2.73. The van der Waals surface area contributed by atoms with E-state index in [1.54, 1.807) is 12.1 Å². The molecule has 0 heterocycles. The van der Waals surface area contributed by atoms with Gasteiger partial charge in [0.25, 0.3) is 0 Å². The van der Waals surface area contributed by atoms with Crippen LogP contribution in [0.4, 0.5) is 4.39 Å². The van der Waals surface area contributed by atoms with Crippen LogP contribution >= 0.6 is 0 Å². The second-order valence-electron chi connectivity index (χ2n) is 8.07. The second kappa shape index (κ2) is 7.69. The molecule has 0 atom stereocenters. The molecule has 0 spiro atoms. The molecule has 138 valence electrons. The molecule has 2 heteroatoms. The number of benzene rings is 2. The van der Waals surface area contributed by atoms with Crippen LogP contribution in [0.15, 0.2) is 42.5 Å². The van der Waals surface area contributed by atoms with Crippen molar-refractivity contribution in [1.29, 1.82) is 5.26 Å². The van der Waals surface area contributed by atoms with Crippen molar-refractivity contribution in [3.63, 3.8) is 0 Å². The molecule has 27 heavy (non-hydrogen) atoms. The quantitative estimate of drug-likeness (QED) is 0.608. The molecular formula is C25H26FN. The Labute approximate surface area is 161 Å². The average molecular weight is 359 g/mol. The molecule has 4 rings (SSSR count). The number of fused-ring (bicyclic) bond motifs is 1. The summed E-state index contributed by atoms with van der Waals surface area (Å²) in [5.74, 6) is 1.23. The largest absolute Gasteiger partial charge is 0.206 e. The van der Waals surface area contributed by atoms with Crippen molar-refractivity contribution in [2.24, 2.45) is 5.92 Å². The highest BCUT2D eigenvalue weighted by Crippen LogP contribution is 2.37. The third-order valence-electron chi connectivity index (χ3n) is 6.54. The van der Waals surface area contributed by atoms with Gasteiger partial charge in [-0.15, -0.1) is 0 Å². The van der Waals surface area contributed by atoms with Crippen LogP contribution in [0, 0.1) is 23.1 Å². The zero-order valence-corrected chi connectivity index (χ0v) is 16.0. The van der Waals surface area contributed by atoms with Gasteiger partial charge in [0.2, 0.25) is 0 Å². The zero-order chi connectivity index (χ0) is 18.8. The van der Waals surface area contributed by atoms with Crippen molar-refractivity contribution < 1.29 is 4.39 Å². The Bertz CT molecular complexity index is 893. The molecule has 2 aliphatic rings. The van der Waals surface area contributed by atoms with E-state index in [4.69, 9.17) is 5.26 Å². The van der Waals surface area contributed by atoms with E-state index >= 15 is 0 Å². The number of hydrogen-bond donors (Lipinski definition) is 0. The minimum Gasteiger partial charge on any atom is -0.206 e. The van der Waals surface area contributed by atoms with Gasteiger partial charge in [0.15, 0.2) is 0 Å². The lowest BCUT2D eigenvalue weighted by Gasteiger charge is -2.28. The summed E-state index contributed by atoms with van der Waals surface area (Å²) in [4.78, 5) is 0. The van der Waals surface area contributed by atoms with Crippen LogP contribution in [-0.4, -0.2) is 0 Å². The van der Waals surface area contributed by atoms with Gasteiger partial charge in [-0.05, 0) is 90.3 Å². The van der Waals surface area contributed by atoms with Gasteiger partial charge >= 0.3 is 0 Å². The molecule has 0 aliphatic heterocycles. The number of halogens is 1. The van der Waals surface area contributed by atoms with Gasteiger partial charge in [0.1, 0.15) is 11.9 Å². The predicted molar refractivity (Wildman–Crippen MR) is 108 cm³/mol. The molecule has 0 aromatic heterocycles. The molecule has 0 N–H and O–H groups in total. The fourth-order valence-corrected chi connectivity index (χ4v) is 4.70. The standard InChI is InChI=1S/C25H26FN/c1-2-17-3-5-18(6-4-17)19-7-9-20(10-8-19)21-11-12-22-14-24(16-27)25(26)15-23(22)13-21/h7-11,14-15,17-18H,2-6,12-13H2,1H3. The van der Waals surface area contributed by atoms with Crippen molar-refractivity contribution in [2.75, 3.05) is 0 Å². The summed E-state index contributed by atoms with van der Waals surface area (Å²) < 4.78 is 14.0. The molecular weight excluding hydrogens is 333 g/mol. The van der Waals surface area contributed by atoms with Crippen molar-refractivity contribution in [1.82, 2.24) is 0 Å². The topological polar surface area (TPSA) is 23.8 Å². The van der Waals surface area contributed by atoms with Crippen molar-refractivity contribution in [3.8, 4) is 6.07 Å². The molecule has 0 radical (unpaired) electrons. The van der Waals surface area contributed by atoms with Gasteiger partial charge in [-0.2, -0.15) is 5.26 Å². The SMILES string of the molecule is CCC1CCC(c2ccc(C3=CCc4cc(C#N)c(F)cc4C3)cc2)CC1. The molecule has 0 unspecified atom stereocenters. The van der Waals surface area contributed by atoms with Crippen molar-refractivity contribution in [2.45, 2.75) is 57.8 Å². The molecule has 2 aliphatic carbocycles. The summed E-state index contributed by atoms with van der Waals surface area (Å²) in [5, 5.41) is 9.01. The highest BCUT2D eigenvalue weighted by atomic mass is 19.1. The molecule has 1 saturated carbocycles. The van der Waals surface area contributed by atoms with E-state index in [9.17, 15) is 4.39 Å². The van der Waals surface area contributed by atoms with Gasteiger partial charge in [-0.1, -0.05) is 43.7 Å². The number of allylic oxidation sites excluding steroid dienone is 2. The summed E-state index contributed by atoms with van der Waals surface area (Å²) in [5.41, 5.74) is 6.18. The third kappa shape index (κ3) is 3.69. The number of rotatable bonds is 3. The van der Waals surface area contributed by atoms with Crippen LogP contribution in [0.25, 0.3) is 5.57 Å². The Balaban J connectivity index is 1.48. The lowest BCUT2D eigenvalue weighted by molar-refractivity contribution is 0.319. The molecule has 0 saturated heterocycles. The maximum absolute atomic E-state index is 14.0. The highest BCUT2D eigenvalue weighted by molar-refractivity contribution is 5.71. The Morgan fingerprint density at radius 1 is 1.04 bits per heavy atom. The minimum absolute atomic E-state index is 0.146. The minimum atomic E-state index is -0.407. The van der Waals surface area contributed by atoms with Gasteiger partial charge in [-0.25, -0.2) is 4.39 Å². The summed E-state index contributed by atoms with van der Waals surface area (Å²) >= 11 is 0. The van der Waals surface area contributed by atoms with Crippen molar-refractivity contribution in [3.05, 3.63) is 76.1 Å². The maximum atomic E-state index is 14.0. The summed E-state index contributed by atoms with van der Waals surface area (Å²) in [7, 11) is 0. The first kappa shape index (κ1) is 18.0. The third-order valence-corrected chi connectivity index (χ3v) is 6.54. The predicted octanol–water partition coefficient (Wildman–Crippen LogP) is 6.56. The smallest absolute Gasteiger partial charge is 0.141 e. The Morgan fingerprint density at radius 2 is 1.78 bits per heavy atom. The van der Waals surface area contributed by atoms with Gasteiger partial charge < -0.3 is 0 Å². The van der Waals surface area contributed by atoms with Gasteiger partial charge in [0.05, 0.1) is 5.56 Å². The van der Waals surface area contributed by atoms with E-state index in [1.807, 2.05) is 6.07 Å². The first-order valence-corrected chi connectivity index (χ1v) is 10.2. The van der Waals surface area contributed by atoms with Gasteiger partial charge in [-0.3, -0.25) is 0 Å². The van der Waals surface area contributed by atoms with Crippen LogP contribution < -0.4 is 0 Å². The van der Waals surface area contributed by atoms with E-state index in [2.05, 4.69) is 37.3 Å². The van der Waals surface area contributed by atoms with Crippen LogP contribution in [0.5, 0.6) is 0 Å². The van der Waals surface area contributed by atoms with Crippen LogP contribution in [-0.2, 0) is 12.8 Å².